The number of benzene rings is 1. The molecule has 0 aromatic heterocycles. The molecule has 0 aliphatic heterocycles. The Labute approximate surface area is 103 Å². The van der Waals surface area contributed by atoms with Gasteiger partial charge in [0.1, 0.15) is 0 Å². The Kier molecular flexibility index (Phi) is 4.36. The molecule has 0 heterocycles. The summed E-state index contributed by atoms with van der Waals surface area (Å²) in [4.78, 5) is 12.4. The predicted molar refractivity (Wildman–Crippen MR) is 64.6 cm³/mol. The Morgan fingerprint density at radius 3 is 2.22 bits per heavy atom. The molecule has 1 aromatic rings. The molecule has 0 aliphatic carbocycles. The molecule has 0 saturated carbocycles. The first-order valence-corrected chi connectivity index (χ1v) is 5.12. The Hall–Kier alpha value is -1.98. The molecule has 18 heavy (non-hydrogen) atoms. The zero-order chi connectivity index (χ0) is 13.8. The summed E-state index contributed by atoms with van der Waals surface area (Å²) in [6.45, 7) is 0. The van der Waals surface area contributed by atoms with Crippen molar-refractivity contribution < 1.29 is 18.0 Å². The Balaban J connectivity index is 2.59. The second-order valence-electron chi connectivity index (χ2n) is 3.78. The fourth-order valence-electron chi connectivity index (χ4n) is 1.16. The smallest absolute Gasteiger partial charge is 0.378 e. The van der Waals surface area contributed by atoms with Gasteiger partial charge < -0.3 is 10.2 Å². The van der Waals surface area contributed by atoms with Crippen molar-refractivity contribution in [2.45, 2.75) is 6.18 Å². The molecule has 0 saturated heterocycles. The van der Waals surface area contributed by atoms with Crippen molar-refractivity contribution >= 4 is 17.2 Å². The quantitative estimate of drug-likeness (QED) is 0.843. The van der Waals surface area contributed by atoms with Crippen LogP contribution in [0.2, 0.25) is 0 Å². The number of nitrogens with one attached hydrogen (secondary N) is 1. The average Bonchev–Trinajstić information content (AvgIpc) is 2.28. The van der Waals surface area contributed by atoms with Crippen LogP contribution in [-0.2, 0) is 4.79 Å². The van der Waals surface area contributed by atoms with E-state index in [-0.39, 0.29) is 0 Å². The van der Waals surface area contributed by atoms with Crippen molar-refractivity contribution in [3.8, 4) is 0 Å². The van der Waals surface area contributed by atoms with Gasteiger partial charge in [-0.05, 0) is 24.3 Å². The SMILES string of the molecule is CN(C)c1ccc(NC=CC(=O)C(F)(F)F)cc1. The van der Waals surface area contributed by atoms with Gasteiger partial charge in [-0.1, -0.05) is 0 Å². The predicted octanol–water partition coefficient (Wildman–Crippen LogP) is 2.81. The summed E-state index contributed by atoms with van der Waals surface area (Å²) in [7, 11) is 3.76. The van der Waals surface area contributed by atoms with Crippen molar-refractivity contribution in [3.05, 3.63) is 36.5 Å². The van der Waals surface area contributed by atoms with Crippen molar-refractivity contribution in [1.29, 1.82) is 0 Å². The van der Waals surface area contributed by atoms with Gasteiger partial charge in [0.25, 0.3) is 5.78 Å². The van der Waals surface area contributed by atoms with Gasteiger partial charge in [-0.25, -0.2) is 0 Å². The van der Waals surface area contributed by atoms with Crippen LogP contribution in [0.3, 0.4) is 0 Å². The number of alkyl halides is 3. The van der Waals surface area contributed by atoms with E-state index >= 15 is 0 Å². The third-order valence-corrected chi connectivity index (χ3v) is 2.15. The van der Waals surface area contributed by atoms with E-state index in [1.165, 1.54) is 0 Å². The van der Waals surface area contributed by atoms with Crippen LogP contribution in [0, 0.1) is 0 Å². The molecule has 1 aromatic carbocycles. The maximum atomic E-state index is 11.9. The van der Waals surface area contributed by atoms with Crippen LogP contribution in [-0.4, -0.2) is 26.1 Å². The Bertz CT molecular complexity index is 436. The number of nitrogens with zero attached hydrogens (tertiary/aromatic N) is 1. The molecular formula is C12H13F3N2O. The first kappa shape index (κ1) is 14.1. The molecule has 0 fully saturated rings. The lowest BCUT2D eigenvalue weighted by Gasteiger charge is -2.12. The summed E-state index contributed by atoms with van der Waals surface area (Å²) in [6.07, 6.45) is -3.40. The maximum Gasteiger partial charge on any atom is 0.454 e. The lowest BCUT2D eigenvalue weighted by Crippen LogP contribution is -2.20. The highest BCUT2D eigenvalue weighted by atomic mass is 19.4. The number of carbonyl (C=O) groups is 1. The standard InChI is InChI=1S/C12H13F3N2O/c1-17(2)10-5-3-9(4-6-10)16-8-7-11(18)12(13,14)15/h3-8,16H,1-2H3. The lowest BCUT2D eigenvalue weighted by atomic mass is 10.2. The minimum Gasteiger partial charge on any atom is -0.378 e. The topological polar surface area (TPSA) is 32.3 Å². The van der Waals surface area contributed by atoms with Gasteiger partial charge in [-0.2, -0.15) is 13.2 Å². The van der Waals surface area contributed by atoms with Crippen LogP contribution < -0.4 is 10.2 Å². The lowest BCUT2D eigenvalue weighted by molar-refractivity contribution is -0.165. The molecule has 0 aliphatic rings. The number of carbonyl (C=O) groups excluding carboxylic acids is 1. The minimum atomic E-state index is -4.83. The van der Waals surface area contributed by atoms with Crippen LogP contribution in [0.15, 0.2) is 36.5 Å². The largest absolute Gasteiger partial charge is 0.454 e. The molecule has 0 radical (unpaired) electrons. The summed E-state index contributed by atoms with van der Waals surface area (Å²) >= 11 is 0. The first-order chi connectivity index (χ1) is 8.30. The van der Waals surface area contributed by atoms with Gasteiger partial charge in [0.05, 0.1) is 0 Å². The van der Waals surface area contributed by atoms with E-state index in [1.807, 2.05) is 31.1 Å². The van der Waals surface area contributed by atoms with E-state index in [1.54, 1.807) is 12.1 Å². The van der Waals surface area contributed by atoms with Crippen LogP contribution in [0.1, 0.15) is 0 Å². The van der Waals surface area contributed by atoms with E-state index in [4.69, 9.17) is 0 Å². The molecule has 1 rings (SSSR count). The minimum absolute atomic E-state index is 0.458. The number of rotatable bonds is 4. The molecular weight excluding hydrogens is 245 g/mol. The maximum absolute atomic E-state index is 11.9. The summed E-state index contributed by atoms with van der Waals surface area (Å²) in [5.41, 5.74) is 1.57. The summed E-state index contributed by atoms with van der Waals surface area (Å²) in [5.74, 6) is -1.89. The molecule has 0 unspecified atom stereocenters. The monoisotopic (exact) mass is 258 g/mol. The Morgan fingerprint density at radius 2 is 1.78 bits per heavy atom. The van der Waals surface area contributed by atoms with Gasteiger partial charge in [-0.15, -0.1) is 0 Å². The highest BCUT2D eigenvalue weighted by Crippen LogP contribution is 2.17. The van der Waals surface area contributed by atoms with Gasteiger partial charge in [0.2, 0.25) is 0 Å². The number of anilines is 2. The third-order valence-electron chi connectivity index (χ3n) is 2.15. The van der Waals surface area contributed by atoms with Gasteiger partial charge in [0.15, 0.2) is 0 Å². The van der Waals surface area contributed by atoms with E-state index < -0.39 is 12.0 Å². The van der Waals surface area contributed by atoms with E-state index in [2.05, 4.69) is 5.32 Å². The highest BCUT2D eigenvalue weighted by molar-refractivity contribution is 5.94. The van der Waals surface area contributed by atoms with Gasteiger partial charge in [0, 0.05) is 37.7 Å². The van der Waals surface area contributed by atoms with Crippen molar-refractivity contribution in [2.75, 3.05) is 24.3 Å². The van der Waals surface area contributed by atoms with Crippen molar-refractivity contribution in [3.63, 3.8) is 0 Å². The van der Waals surface area contributed by atoms with Crippen molar-refractivity contribution in [1.82, 2.24) is 0 Å². The number of allylic oxidation sites excluding steroid dienone is 1. The third kappa shape index (κ3) is 4.12. The first-order valence-electron chi connectivity index (χ1n) is 5.12. The second-order valence-corrected chi connectivity index (χ2v) is 3.78. The van der Waals surface area contributed by atoms with Crippen LogP contribution in [0.25, 0.3) is 0 Å². The van der Waals surface area contributed by atoms with Crippen molar-refractivity contribution in [2.24, 2.45) is 0 Å². The number of halogens is 3. The van der Waals surface area contributed by atoms with E-state index in [9.17, 15) is 18.0 Å². The average molecular weight is 258 g/mol. The summed E-state index contributed by atoms with van der Waals surface area (Å²) in [6, 6.07) is 7.03. The normalized spacial score (nSPS) is 11.6. The summed E-state index contributed by atoms with van der Waals surface area (Å²) < 4.78 is 35.6. The van der Waals surface area contributed by atoms with Gasteiger partial charge >= 0.3 is 6.18 Å². The number of ketones is 1. The summed E-state index contributed by atoms with van der Waals surface area (Å²) in [5, 5.41) is 2.59. The molecule has 0 spiro atoms. The van der Waals surface area contributed by atoms with E-state index in [0.717, 1.165) is 11.9 Å². The fourth-order valence-corrected chi connectivity index (χ4v) is 1.16. The fraction of sp³-hybridized carbons (Fsp3) is 0.250. The molecule has 0 amide bonds. The van der Waals surface area contributed by atoms with E-state index in [0.29, 0.717) is 11.8 Å². The van der Waals surface area contributed by atoms with Crippen LogP contribution >= 0.6 is 0 Å². The Morgan fingerprint density at radius 1 is 1.22 bits per heavy atom. The van der Waals surface area contributed by atoms with Crippen LogP contribution in [0.4, 0.5) is 24.5 Å². The van der Waals surface area contributed by atoms with Crippen LogP contribution in [0.5, 0.6) is 0 Å². The highest BCUT2D eigenvalue weighted by Gasteiger charge is 2.35. The zero-order valence-corrected chi connectivity index (χ0v) is 9.95. The number of hydrogen-bond donors (Lipinski definition) is 1. The molecule has 0 bridgehead atoms. The van der Waals surface area contributed by atoms with Gasteiger partial charge in [-0.3, -0.25) is 4.79 Å². The molecule has 6 heteroatoms. The molecule has 0 atom stereocenters. The number of hydrogen-bond acceptors (Lipinski definition) is 3. The zero-order valence-electron chi connectivity index (χ0n) is 9.95. The molecule has 98 valence electrons. The molecule has 1 N–H and O–H groups in total. The second kappa shape index (κ2) is 5.57. The molecule has 3 nitrogen and oxygen atoms in total.